The van der Waals surface area contributed by atoms with Gasteiger partial charge in [0.25, 0.3) is 0 Å². The average molecular weight is 337 g/mol. The second-order valence-electron chi connectivity index (χ2n) is 4.39. The molecule has 0 bridgehead atoms. The first-order chi connectivity index (χ1) is 9.50. The summed E-state index contributed by atoms with van der Waals surface area (Å²) < 4.78 is 14.5. The maximum atomic E-state index is 14.3. The van der Waals surface area contributed by atoms with Crippen LogP contribution in [-0.4, -0.2) is 17.9 Å². The molecule has 104 valence electrons. The summed E-state index contributed by atoms with van der Waals surface area (Å²) in [5, 5.41) is 7.39. The zero-order valence-corrected chi connectivity index (χ0v) is 12.5. The molecule has 1 aromatic carbocycles. The minimum absolute atomic E-state index is 0.169. The van der Waals surface area contributed by atoms with Gasteiger partial charge in [-0.2, -0.15) is 0 Å². The fourth-order valence-corrected chi connectivity index (χ4v) is 2.44. The molecule has 1 heterocycles. The van der Waals surface area contributed by atoms with Crippen molar-refractivity contribution in [3.8, 4) is 0 Å². The van der Waals surface area contributed by atoms with Gasteiger partial charge >= 0.3 is 0 Å². The first-order valence-corrected chi connectivity index (χ1v) is 6.72. The van der Waals surface area contributed by atoms with Crippen molar-refractivity contribution >= 4 is 27.5 Å². The van der Waals surface area contributed by atoms with Crippen LogP contribution in [-0.2, 0) is 6.54 Å². The Hall–Kier alpha value is -1.95. The maximum absolute atomic E-state index is 14.3. The Bertz CT molecular complexity index is 631. The predicted octanol–water partition coefficient (Wildman–Crippen LogP) is 2.90. The van der Waals surface area contributed by atoms with Gasteiger partial charge < -0.3 is 10.6 Å². The molecule has 2 aromatic rings. The van der Waals surface area contributed by atoms with Crippen molar-refractivity contribution in [3.05, 3.63) is 58.1 Å². The average Bonchev–Trinajstić information content (AvgIpc) is 2.42. The van der Waals surface area contributed by atoms with Gasteiger partial charge in [0.15, 0.2) is 5.82 Å². The summed E-state index contributed by atoms with van der Waals surface area (Å²) in [5.41, 5.74) is 7.17. The number of nitrogens with one attached hydrogen (secondary N) is 1. The van der Waals surface area contributed by atoms with Crippen LogP contribution in [0.5, 0.6) is 0 Å². The molecule has 0 aliphatic rings. The van der Waals surface area contributed by atoms with Crippen LogP contribution in [0.2, 0.25) is 0 Å². The highest BCUT2D eigenvalue weighted by Gasteiger charge is 2.15. The largest absolute Gasteiger partial charge is 0.384 e. The van der Waals surface area contributed by atoms with E-state index in [2.05, 4.69) is 20.9 Å². The van der Waals surface area contributed by atoms with Crippen molar-refractivity contribution in [3.63, 3.8) is 0 Å². The van der Waals surface area contributed by atoms with E-state index in [9.17, 15) is 4.39 Å². The molecule has 0 unspecified atom stereocenters. The summed E-state index contributed by atoms with van der Waals surface area (Å²) in [5.74, 6) is -0.596. The predicted molar refractivity (Wildman–Crippen MR) is 81.5 cm³/mol. The van der Waals surface area contributed by atoms with Gasteiger partial charge in [-0.3, -0.25) is 10.4 Å². The Kier molecular flexibility index (Phi) is 4.34. The lowest BCUT2D eigenvalue weighted by Crippen LogP contribution is -2.19. The molecular weight excluding hydrogens is 323 g/mol. The lowest BCUT2D eigenvalue weighted by molar-refractivity contribution is 0.615. The number of nitrogens with two attached hydrogens (primary N) is 1. The third-order valence-electron chi connectivity index (χ3n) is 2.91. The van der Waals surface area contributed by atoms with Gasteiger partial charge in [-0.1, -0.05) is 6.07 Å². The van der Waals surface area contributed by atoms with Gasteiger partial charge in [0.1, 0.15) is 5.84 Å². The molecule has 0 spiro atoms. The fraction of sp³-hybridized carbons (Fsp3) is 0.143. The standard InChI is InChI=1S/C14H14BrFN4/c1-20(8-9-3-2-6-19-7-9)11-5-4-10(14(17)18)12(15)13(11)16/h2-7H,8H2,1H3,(H3,17,18). The Labute approximate surface area is 125 Å². The summed E-state index contributed by atoms with van der Waals surface area (Å²) in [7, 11) is 1.80. The molecule has 0 aliphatic heterocycles. The van der Waals surface area contributed by atoms with Gasteiger partial charge in [-0.05, 0) is 39.7 Å². The molecule has 0 saturated heterocycles. The fourth-order valence-electron chi connectivity index (χ4n) is 1.89. The van der Waals surface area contributed by atoms with E-state index in [4.69, 9.17) is 11.1 Å². The van der Waals surface area contributed by atoms with Gasteiger partial charge in [0.05, 0.1) is 10.2 Å². The van der Waals surface area contributed by atoms with Crippen LogP contribution in [0.1, 0.15) is 11.1 Å². The monoisotopic (exact) mass is 336 g/mol. The SMILES string of the molecule is CN(Cc1cccnc1)c1ccc(C(=N)N)c(Br)c1F. The van der Waals surface area contributed by atoms with Crippen LogP contribution >= 0.6 is 15.9 Å². The smallest absolute Gasteiger partial charge is 0.161 e. The van der Waals surface area contributed by atoms with Crippen LogP contribution in [0.3, 0.4) is 0 Å². The molecular formula is C14H14BrFN4. The Morgan fingerprint density at radius 2 is 2.20 bits per heavy atom. The van der Waals surface area contributed by atoms with E-state index in [0.717, 1.165) is 5.56 Å². The molecule has 2 rings (SSSR count). The van der Waals surface area contributed by atoms with Crippen molar-refractivity contribution in [1.29, 1.82) is 5.41 Å². The van der Waals surface area contributed by atoms with Crippen LogP contribution in [0.25, 0.3) is 0 Å². The van der Waals surface area contributed by atoms with Crippen LogP contribution < -0.4 is 10.6 Å². The summed E-state index contributed by atoms with van der Waals surface area (Å²) in [6.45, 7) is 0.538. The molecule has 20 heavy (non-hydrogen) atoms. The highest BCUT2D eigenvalue weighted by molar-refractivity contribution is 9.10. The number of anilines is 1. The Balaban J connectivity index is 2.29. The number of amidine groups is 1. The van der Waals surface area contributed by atoms with Crippen LogP contribution in [0.15, 0.2) is 41.1 Å². The lowest BCUT2D eigenvalue weighted by Gasteiger charge is -2.21. The first kappa shape index (κ1) is 14.5. The Morgan fingerprint density at radius 3 is 2.80 bits per heavy atom. The zero-order valence-electron chi connectivity index (χ0n) is 10.9. The summed E-state index contributed by atoms with van der Waals surface area (Å²) in [6, 6.07) is 7.02. The molecule has 0 radical (unpaired) electrons. The zero-order chi connectivity index (χ0) is 14.7. The number of nitrogens with zero attached hydrogens (tertiary/aromatic N) is 2. The molecule has 0 aliphatic carbocycles. The number of hydrogen-bond donors (Lipinski definition) is 2. The summed E-state index contributed by atoms with van der Waals surface area (Å²) >= 11 is 3.15. The third-order valence-corrected chi connectivity index (χ3v) is 3.68. The number of rotatable bonds is 4. The van der Waals surface area contributed by atoms with Gasteiger partial charge in [0.2, 0.25) is 0 Å². The van der Waals surface area contributed by atoms with Crippen molar-refractivity contribution in [2.45, 2.75) is 6.54 Å². The van der Waals surface area contributed by atoms with Gasteiger partial charge in [-0.25, -0.2) is 4.39 Å². The van der Waals surface area contributed by atoms with E-state index in [1.807, 2.05) is 12.1 Å². The van der Waals surface area contributed by atoms with Crippen molar-refractivity contribution < 1.29 is 4.39 Å². The number of halogens is 2. The van der Waals surface area contributed by atoms with Crippen molar-refractivity contribution in [1.82, 2.24) is 4.98 Å². The number of aromatic nitrogens is 1. The van der Waals surface area contributed by atoms with E-state index in [1.54, 1.807) is 36.5 Å². The molecule has 1 aromatic heterocycles. The van der Waals surface area contributed by atoms with Gasteiger partial charge in [0, 0.05) is 31.5 Å². The minimum Gasteiger partial charge on any atom is -0.384 e. The summed E-state index contributed by atoms with van der Waals surface area (Å²) in [4.78, 5) is 5.81. The Morgan fingerprint density at radius 1 is 1.45 bits per heavy atom. The molecule has 6 heteroatoms. The second-order valence-corrected chi connectivity index (χ2v) is 5.18. The normalized spacial score (nSPS) is 10.3. The van der Waals surface area contributed by atoms with E-state index in [0.29, 0.717) is 17.8 Å². The molecule has 0 amide bonds. The quantitative estimate of drug-likeness (QED) is 0.666. The second kappa shape index (κ2) is 6.00. The topological polar surface area (TPSA) is 66.0 Å². The molecule has 4 nitrogen and oxygen atoms in total. The van der Waals surface area contributed by atoms with Crippen LogP contribution in [0.4, 0.5) is 10.1 Å². The van der Waals surface area contributed by atoms with E-state index in [1.165, 1.54) is 0 Å². The molecule has 0 atom stereocenters. The number of pyridine rings is 1. The first-order valence-electron chi connectivity index (χ1n) is 5.93. The minimum atomic E-state index is -0.427. The lowest BCUT2D eigenvalue weighted by atomic mass is 10.1. The number of hydrogen-bond acceptors (Lipinski definition) is 3. The molecule has 0 saturated carbocycles. The van der Waals surface area contributed by atoms with Gasteiger partial charge in [-0.15, -0.1) is 0 Å². The van der Waals surface area contributed by atoms with Crippen molar-refractivity contribution in [2.75, 3.05) is 11.9 Å². The molecule has 0 fully saturated rings. The highest BCUT2D eigenvalue weighted by Crippen LogP contribution is 2.29. The third kappa shape index (κ3) is 2.96. The summed E-state index contributed by atoms with van der Waals surface area (Å²) in [6.07, 6.45) is 3.44. The number of benzene rings is 1. The van der Waals surface area contributed by atoms with E-state index < -0.39 is 5.82 Å². The van der Waals surface area contributed by atoms with E-state index >= 15 is 0 Å². The molecule has 3 N–H and O–H groups in total. The van der Waals surface area contributed by atoms with Crippen LogP contribution in [0, 0.1) is 11.2 Å². The van der Waals surface area contributed by atoms with E-state index in [-0.39, 0.29) is 10.3 Å². The van der Waals surface area contributed by atoms with Crippen molar-refractivity contribution in [2.24, 2.45) is 5.73 Å². The maximum Gasteiger partial charge on any atom is 0.161 e. The highest BCUT2D eigenvalue weighted by atomic mass is 79.9. The number of nitrogen functional groups attached to an aromatic ring is 1.